The van der Waals surface area contributed by atoms with Gasteiger partial charge in [0.2, 0.25) is 0 Å². The molecule has 0 unspecified atom stereocenters. The molecule has 0 aliphatic rings. The van der Waals surface area contributed by atoms with Gasteiger partial charge in [-0.3, -0.25) is 0 Å². The van der Waals surface area contributed by atoms with Gasteiger partial charge >= 0.3 is 5.97 Å². The van der Waals surface area contributed by atoms with Crippen LogP contribution in [0.25, 0.3) is 0 Å². The van der Waals surface area contributed by atoms with Gasteiger partial charge in [-0.05, 0) is 48.8 Å². The highest BCUT2D eigenvalue weighted by Gasteiger charge is 2.17. The minimum absolute atomic E-state index is 0.374. The summed E-state index contributed by atoms with van der Waals surface area (Å²) in [5, 5.41) is 7.42. The Balaban J connectivity index is 1.93. The van der Waals surface area contributed by atoms with E-state index in [1.165, 1.54) is 18.4 Å². The van der Waals surface area contributed by atoms with Crippen LogP contribution in [0.2, 0.25) is 0 Å². The van der Waals surface area contributed by atoms with Gasteiger partial charge in [0, 0.05) is 11.4 Å². The van der Waals surface area contributed by atoms with Crippen LogP contribution in [0.1, 0.15) is 27.7 Å². The van der Waals surface area contributed by atoms with Crippen molar-refractivity contribution in [2.75, 3.05) is 33.2 Å². The molecule has 27 heavy (non-hydrogen) atoms. The number of ether oxygens (including phenoxy) is 3. The third kappa shape index (κ3) is 5.58. The molecule has 6 nitrogen and oxygen atoms in total. The first-order valence-corrected chi connectivity index (χ1v) is 9.71. The number of methoxy groups -OCH3 is 3. The molecular weight excluding hydrogens is 384 g/mol. The number of rotatable bonds is 8. The molecule has 0 bridgehead atoms. The second-order valence-electron chi connectivity index (χ2n) is 5.62. The topological polar surface area (TPSA) is 68.8 Å². The van der Waals surface area contributed by atoms with E-state index in [2.05, 4.69) is 10.6 Å². The number of nitrogens with one attached hydrogen (secondary N) is 2. The molecule has 0 aliphatic heterocycles. The zero-order chi connectivity index (χ0) is 19.8. The number of hydrogen-bond acceptors (Lipinski definition) is 6. The normalized spacial score (nSPS) is 10.2. The highest BCUT2D eigenvalue weighted by molar-refractivity contribution is 7.80. The number of hydrogen-bond donors (Lipinski definition) is 2. The number of thiophene rings is 1. The zero-order valence-electron chi connectivity index (χ0n) is 15.9. The Bertz CT molecular complexity index is 805. The Morgan fingerprint density at radius 1 is 1.15 bits per heavy atom. The molecule has 2 N–H and O–H groups in total. The lowest BCUT2D eigenvalue weighted by atomic mass is 10.1. The van der Waals surface area contributed by atoms with Crippen LogP contribution in [0.15, 0.2) is 24.3 Å². The van der Waals surface area contributed by atoms with Crippen LogP contribution in [0.5, 0.6) is 11.5 Å². The molecule has 2 rings (SSSR count). The molecule has 0 radical (unpaired) electrons. The Kier molecular flexibility index (Phi) is 7.87. The van der Waals surface area contributed by atoms with Gasteiger partial charge in [0.1, 0.15) is 5.00 Å². The van der Waals surface area contributed by atoms with E-state index in [1.54, 1.807) is 14.2 Å². The molecule has 0 aliphatic carbocycles. The van der Waals surface area contributed by atoms with E-state index in [0.717, 1.165) is 23.3 Å². The van der Waals surface area contributed by atoms with Crippen molar-refractivity contribution in [2.45, 2.75) is 19.8 Å². The molecule has 1 aromatic carbocycles. The third-order valence-corrected chi connectivity index (χ3v) is 5.35. The summed E-state index contributed by atoms with van der Waals surface area (Å²) < 4.78 is 15.4. The first-order chi connectivity index (χ1) is 13.0. The first kappa shape index (κ1) is 21.0. The molecule has 0 saturated heterocycles. The largest absolute Gasteiger partial charge is 0.493 e. The van der Waals surface area contributed by atoms with Gasteiger partial charge in [-0.25, -0.2) is 4.79 Å². The quantitative estimate of drug-likeness (QED) is 0.510. The van der Waals surface area contributed by atoms with Crippen molar-refractivity contribution in [1.29, 1.82) is 0 Å². The SMILES string of the molecule is CCc1cc(C(=O)OC)c(NC(=S)NCCc2ccc(OC)c(OC)c2)s1. The molecular formula is C19H24N2O4S2. The van der Waals surface area contributed by atoms with Gasteiger partial charge in [0.15, 0.2) is 16.6 Å². The predicted octanol–water partition coefficient (Wildman–Crippen LogP) is 3.64. The van der Waals surface area contributed by atoms with Crippen LogP contribution in [0.3, 0.4) is 0 Å². The molecule has 0 fully saturated rings. The maximum Gasteiger partial charge on any atom is 0.340 e. The summed E-state index contributed by atoms with van der Waals surface area (Å²) in [7, 11) is 4.60. The van der Waals surface area contributed by atoms with Crippen molar-refractivity contribution < 1.29 is 19.0 Å². The van der Waals surface area contributed by atoms with E-state index in [9.17, 15) is 4.79 Å². The molecule has 2 aromatic rings. The lowest BCUT2D eigenvalue weighted by molar-refractivity contribution is 0.0602. The first-order valence-electron chi connectivity index (χ1n) is 8.49. The fraction of sp³-hybridized carbons (Fsp3) is 0.368. The number of anilines is 1. The summed E-state index contributed by atoms with van der Waals surface area (Å²) in [6.45, 7) is 2.68. The van der Waals surface area contributed by atoms with Gasteiger partial charge < -0.3 is 24.8 Å². The average Bonchev–Trinajstić information content (AvgIpc) is 3.09. The lowest BCUT2D eigenvalue weighted by Gasteiger charge is -2.12. The summed E-state index contributed by atoms with van der Waals surface area (Å²) in [6, 6.07) is 7.65. The molecule has 0 amide bonds. The predicted molar refractivity (Wildman–Crippen MR) is 113 cm³/mol. The van der Waals surface area contributed by atoms with E-state index < -0.39 is 0 Å². The minimum atomic E-state index is -0.374. The van der Waals surface area contributed by atoms with Crippen molar-refractivity contribution >= 4 is 39.6 Å². The van der Waals surface area contributed by atoms with Crippen LogP contribution in [-0.4, -0.2) is 39.0 Å². The van der Waals surface area contributed by atoms with Gasteiger partial charge in [-0.2, -0.15) is 0 Å². The van der Waals surface area contributed by atoms with Gasteiger partial charge in [-0.15, -0.1) is 11.3 Å². The van der Waals surface area contributed by atoms with E-state index in [-0.39, 0.29) is 5.97 Å². The van der Waals surface area contributed by atoms with Crippen molar-refractivity contribution in [3.05, 3.63) is 40.3 Å². The average molecular weight is 409 g/mol. The fourth-order valence-electron chi connectivity index (χ4n) is 2.47. The van der Waals surface area contributed by atoms with Gasteiger partial charge in [-0.1, -0.05) is 13.0 Å². The Morgan fingerprint density at radius 3 is 2.52 bits per heavy atom. The van der Waals surface area contributed by atoms with Crippen LogP contribution in [-0.2, 0) is 17.6 Å². The summed E-state index contributed by atoms with van der Waals surface area (Å²) in [5.74, 6) is 1.02. The van der Waals surface area contributed by atoms with Crippen molar-refractivity contribution in [3.8, 4) is 11.5 Å². The smallest absolute Gasteiger partial charge is 0.340 e. The summed E-state index contributed by atoms with van der Waals surface area (Å²) in [5.41, 5.74) is 1.60. The molecule has 146 valence electrons. The number of carbonyl (C=O) groups excluding carboxylic acids is 1. The van der Waals surface area contributed by atoms with Gasteiger partial charge in [0.05, 0.1) is 26.9 Å². The Hall–Kier alpha value is -2.32. The second kappa shape index (κ2) is 10.1. The Labute approximate surface area is 168 Å². The van der Waals surface area contributed by atoms with Crippen molar-refractivity contribution in [1.82, 2.24) is 5.32 Å². The third-order valence-electron chi connectivity index (χ3n) is 3.91. The number of carbonyl (C=O) groups is 1. The van der Waals surface area contributed by atoms with Crippen LogP contribution < -0.4 is 20.1 Å². The minimum Gasteiger partial charge on any atom is -0.493 e. The number of thiocarbonyl (C=S) groups is 1. The zero-order valence-corrected chi connectivity index (χ0v) is 17.5. The number of esters is 1. The number of benzene rings is 1. The second-order valence-corrected chi connectivity index (χ2v) is 7.17. The summed E-state index contributed by atoms with van der Waals surface area (Å²) in [6.07, 6.45) is 1.60. The number of aryl methyl sites for hydroxylation is 1. The molecule has 1 heterocycles. The van der Waals surface area contributed by atoms with Crippen molar-refractivity contribution in [2.24, 2.45) is 0 Å². The fourth-order valence-corrected chi connectivity index (χ4v) is 3.73. The van der Waals surface area contributed by atoms with Crippen molar-refractivity contribution in [3.63, 3.8) is 0 Å². The van der Waals surface area contributed by atoms with Crippen LogP contribution >= 0.6 is 23.6 Å². The van der Waals surface area contributed by atoms with Gasteiger partial charge in [0.25, 0.3) is 0 Å². The maximum atomic E-state index is 11.9. The standard InChI is InChI=1S/C19H24N2O4S2/c1-5-13-11-14(18(22)25-4)17(27-13)21-19(26)20-9-8-12-6-7-15(23-2)16(10-12)24-3/h6-7,10-11H,5,8-9H2,1-4H3,(H2,20,21,26). The van der Waals surface area contributed by atoms with E-state index in [0.29, 0.717) is 33.7 Å². The van der Waals surface area contributed by atoms with E-state index in [4.69, 9.17) is 26.4 Å². The van der Waals surface area contributed by atoms with Crippen LogP contribution in [0, 0.1) is 0 Å². The summed E-state index contributed by atoms with van der Waals surface area (Å²) in [4.78, 5) is 13.0. The summed E-state index contributed by atoms with van der Waals surface area (Å²) >= 11 is 6.86. The maximum absolute atomic E-state index is 11.9. The molecule has 0 atom stereocenters. The molecule has 0 spiro atoms. The molecule has 0 saturated carbocycles. The Morgan fingerprint density at radius 2 is 1.89 bits per heavy atom. The monoisotopic (exact) mass is 408 g/mol. The van der Waals surface area contributed by atoms with E-state index in [1.807, 2.05) is 31.2 Å². The van der Waals surface area contributed by atoms with E-state index >= 15 is 0 Å². The van der Waals surface area contributed by atoms with Crippen LogP contribution in [0.4, 0.5) is 5.00 Å². The highest BCUT2D eigenvalue weighted by atomic mass is 32.1. The highest BCUT2D eigenvalue weighted by Crippen LogP contribution is 2.29. The lowest BCUT2D eigenvalue weighted by Crippen LogP contribution is -2.30. The molecule has 1 aromatic heterocycles. The molecule has 8 heteroatoms.